The first-order chi connectivity index (χ1) is 7.99. The molecule has 0 heterocycles. The molecule has 1 rings (SSSR count). The summed E-state index contributed by atoms with van der Waals surface area (Å²) in [5.74, 6) is 0.0412. The lowest BCUT2D eigenvalue weighted by Crippen LogP contribution is -2.38. The van der Waals surface area contributed by atoms with Crippen LogP contribution in [0.3, 0.4) is 0 Å². The second-order valence-corrected chi connectivity index (χ2v) is 5.39. The Morgan fingerprint density at radius 2 is 2.12 bits per heavy atom. The fraction of sp³-hybridized carbons (Fsp3) is 0.462. The summed E-state index contributed by atoms with van der Waals surface area (Å²) in [4.78, 5) is 14.2. The Kier molecular flexibility index (Phi) is 5.47. The lowest BCUT2D eigenvalue weighted by atomic mass is 10.1. The average Bonchev–Trinajstić information content (AvgIpc) is 2.28. The fourth-order valence-corrected chi connectivity index (χ4v) is 2.24. The SMILES string of the molecule is Cc1c(Cl)cccc1C(=O)N(CCBr)C(C)C. The van der Waals surface area contributed by atoms with E-state index < -0.39 is 0 Å². The van der Waals surface area contributed by atoms with Crippen LogP contribution in [-0.4, -0.2) is 28.7 Å². The summed E-state index contributed by atoms with van der Waals surface area (Å²) in [6.45, 7) is 6.60. The van der Waals surface area contributed by atoms with Crippen LogP contribution in [0.1, 0.15) is 29.8 Å². The number of carbonyl (C=O) groups excluding carboxylic acids is 1. The van der Waals surface area contributed by atoms with Gasteiger partial charge in [-0.2, -0.15) is 0 Å². The van der Waals surface area contributed by atoms with E-state index in [0.717, 1.165) is 10.9 Å². The Morgan fingerprint density at radius 1 is 1.47 bits per heavy atom. The van der Waals surface area contributed by atoms with Crippen LogP contribution >= 0.6 is 27.5 Å². The number of amides is 1. The molecule has 0 unspecified atom stereocenters. The number of hydrogen-bond acceptors (Lipinski definition) is 1. The Morgan fingerprint density at radius 3 is 2.65 bits per heavy atom. The van der Waals surface area contributed by atoms with Gasteiger partial charge >= 0.3 is 0 Å². The van der Waals surface area contributed by atoms with Gasteiger partial charge in [-0.05, 0) is 38.5 Å². The maximum absolute atomic E-state index is 12.4. The zero-order chi connectivity index (χ0) is 13.0. The van der Waals surface area contributed by atoms with Crippen molar-refractivity contribution < 1.29 is 4.79 Å². The number of halogens is 2. The van der Waals surface area contributed by atoms with E-state index in [0.29, 0.717) is 17.1 Å². The first kappa shape index (κ1) is 14.5. The van der Waals surface area contributed by atoms with Gasteiger partial charge in [0.1, 0.15) is 0 Å². The van der Waals surface area contributed by atoms with Crippen molar-refractivity contribution in [2.24, 2.45) is 0 Å². The molecule has 4 heteroatoms. The molecular formula is C13H17BrClNO. The van der Waals surface area contributed by atoms with E-state index in [1.807, 2.05) is 37.8 Å². The summed E-state index contributed by atoms with van der Waals surface area (Å²) in [6.07, 6.45) is 0. The second-order valence-electron chi connectivity index (χ2n) is 4.19. The van der Waals surface area contributed by atoms with Crippen molar-refractivity contribution in [1.82, 2.24) is 4.90 Å². The summed E-state index contributed by atoms with van der Waals surface area (Å²) >= 11 is 9.41. The normalized spacial score (nSPS) is 10.7. The van der Waals surface area contributed by atoms with E-state index in [9.17, 15) is 4.79 Å². The molecule has 2 nitrogen and oxygen atoms in total. The van der Waals surface area contributed by atoms with Crippen molar-refractivity contribution in [3.05, 3.63) is 34.3 Å². The molecule has 0 bridgehead atoms. The smallest absolute Gasteiger partial charge is 0.254 e. The number of rotatable bonds is 4. The van der Waals surface area contributed by atoms with Gasteiger partial charge in [-0.1, -0.05) is 33.6 Å². The maximum Gasteiger partial charge on any atom is 0.254 e. The molecule has 0 N–H and O–H groups in total. The molecule has 0 aliphatic heterocycles. The zero-order valence-corrected chi connectivity index (χ0v) is 12.7. The fourth-order valence-electron chi connectivity index (χ4n) is 1.68. The number of benzene rings is 1. The standard InChI is InChI=1S/C13H17BrClNO/c1-9(2)16(8-7-14)13(17)11-5-4-6-12(15)10(11)3/h4-6,9H,7-8H2,1-3H3. The molecule has 1 amide bonds. The second kappa shape index (κ2) is 6.41. The summed E-state index contributed by atoms with van der Waals surface area (Å²) in [7, 11) is 0. The van der Waals surface area contributed by atoms with Crippen molar-refractivity contribution >= 4 is 33.4 Å². The molecule has 1 aromatic rings. The molecular weight excluding hydrogens is 302 g/mol. The van der Waals surface area contributed by atoms with Gasteiger partial charge in [-0.15, -0.1) is 0 Å². The predicted octanol–water partition coefficient (Wildman–Crippen LogP) is 3.89. The van der Waals surface area contributed by atoms with Gasteiger partial charge in [0.15, 0.2) is 0 Å². The molecule has 94 valence electrons. The van der Waals surface area contributed by atoms with E-state index in [1.165, 1.54) is 0 Å². The molecule has 0 saturated heterocycles. The molecule has 0 saturated carbocycles. The van der Waals surface area contributed by atoms with Crippen molar-refractivity contribution in [1.29, 1.82) is 0 Å². The van der Waals surface area contributed by atoms with Crippen molar-refractivity contribution in [3.63, 3.8) is 0 Å². The highest BCUT2D eigenvalue weighted by atomic mass is 79.9. The monoisotopic (exact) mass is 317 g/mol. The van der Waals surface area contributed by atoms with Crippen molar-refractivity contribution in [2.45, 2.75) is 26.8 Å². The van der Waals surface area contributed by atoms with Gasteiger partial charge in [0.05, 0.1) is 0 Å². The first-order valence-electron chi connectivity index (χ1n) is 5.61. The number of carbonyl (C=O) groups is 1. The lowest BCUT2D eigenvalue weighted by molar-refractivity contribution is 0.0718. The molecule has 1 aromatic carbocycles. The van der Waals surface area contributed by atoms with Crippen LogP contribution in [0.4, 0.5) is 0 Å². The summed E-state index contributed by atoms with van der Waals surface area (Å²) in [6, 6.07) is 5.62. The summed E-state index contributed by atoms with van der Waals surface area (Å²) in [5, 5.41) is 1.41. The summed E-state index contributed by atoms with van der Waals surface area (Å²) in [5.41, 5.74) is 1.53. The minimum absolute atomic E-state index is 0.0412. The van der Waals surface area contributed by atoms with Gasteiger partial charge in [0.2, 0.25) is 0 Å². The maximum atomic E-state index is 12.4. The summed E-state index contributed by atoms with van der Waals surface area (Å²) < 4.78 is 0. The third kappa shape index (κ3) is 3.46. The Labute approximate surface area is 116 Å². The predicted molar refractivity (Wildman–Crippen MR) is 76.2 cm³/mol. The van der Waals surface area contributed by atoms with Crippen LogP contribution in [0, 0.1) is 6.92 Å². The minimum atomic E-state index is 0.0412. The zero-order valence-electron chi connectivity index (χ0n) is 10.3. The van der Waals surface area contributed by atoms with Gasteiger partial charge in [0, 0.05) is 28.5 Å². The molecule has 0 aliphatic carbocycles. The van der Waals surface area contributed by atoms with Crippen LogP contribution < -0.4 is 0 Å². The molecule has 0 atom stereocenters. The molecule has 0 fully saturated rings. The third-order valence-corrected chi connectivity index (χ3v) is 3.47. The Balaban J connectivity index is 3.05. The average molecular weight is 319 g/mol. The highest BCUT2D eigenvalue weighted by Gasteiger charge is 2.20. The molecule has 17 heavy (non-hydrogen) atoms. The van der Waals surface area contributed by atoms with Gasteiger partial charge < -0.3 is 4.90 Å². The van der Waals surface area contributed by atoms with Crippen molar-refractivity contribution in [3.8, 4) is 0 Å². The molecule has 0 spiro atoms. The number of nitrogens with zero attached hydrogens (tertiary/aromatic N) is 1. The highest BCUT2D eigenvalue weighted by molar-refractivity contribution is 9.09. The number of hydrogen-bond donors (Lipinski definition) is 0. The van der Waals surface area contributed by atoms with Crippen LogP contribution in [0.25, 0.3) is 0 Å². The first-order valence-corrected chi connectivity index (χ1v) is 7.11. The topological polar surface area (TPSA) is 20.3 Å². The molecule has 0 radical (unpaired) electrons. The lowest BCUT2D eigenvalue weighted by Gasteiger charge is -2.26. The highest BCUT2D eigenvalue weighted by Crippen LogP contribution is 2.20. The van der Waals surface area contributed by atoms with Crippen molar-refractivity contribution in [2.75, 3.05) is 11.9 Å². The van der Waals surface area contributed by atoms with Crippen LogP contribution in [0.2, 0.25) is 5.02 Å². The van der Waals surface area contributed by atoms with Crippen LogP contribution in [0.15, 0.2) is 18.2 Å². The molecule has 0 aromatic heterocycles. The number of alkyl halides is 1. The van der Waals surface area contributed by atoms with E-state index in [4.69, 9.17) is 11.6 Å². The van der Waals surface area contributed by atoms with E-state index >= 15 is 0 Å². The Bertz CT molecular complexity index is 406. The van der Waals surface area contributed by atoms with E-state index in [2.05, 4.69) is 15.9 Å². The van der Waals surface area contributed by atoms with Gasteiger partial charge in [0.25, 0.3) is 5.91 Å². The minimum Gasteiger partial charge on any atom is -0.335 e. The van der Waals surface area contributed by atoms with Gasteiger partial charge in [-0.3, -0.25) is 4.79 Å². The van der Waals surface area contributed by atoms with E-state index in [-0.39, 0.29) is 11.9 Å². The van der Waals surface area contributed by atoms with Crippen LogP contribution in [-0.2, 0) is 0 Å². The molecule has 0 aliphatic rings. The van der Waals surface area contributed by atoms with E-state index in [1.54, 1.807) is 6.07 Å². The Hall–Kier alpha value is -0.540. The quantitative estimate of drug-likeness (QED) is 0.771. The van der Waals surface area contributed by atoms with Gasteiger partial charge in [-0.25, -0.2) is 0 Å². The van der Waals surface area contributed by atoms with Crippen LogP contribution in [0.5, 0.6) is 0 Å². The largest absolute Gasteiger partial charge is 0.335 e. The third-order valence-electron chi connectivity index (χ3n) is 2.71.